The number of hydrogen-bond donors (Lipinski definition) is 1. The highest BCUT2D eigenvalue weighted by atomic mass is 32.2. The Kier molecular flexibility index (Phi) is 7.80. The van der Waals surface area contributed by atoms with E-state index in [1.54, 1.807) is 28.6 Å². The number of nitrogens with one attached hydrogen (secondary N) is 1. The molecule has 0 bridgehead atoms. The van der Waals surface area contributed by atoms with E-state index in [9.17, 15) is 13.2 Å². The molecule has 7 nitrogen and oxygen atoms in total. The largest absolute Gasteiger partial charge is 0.379 e. The molecule has 2 unspecified atom stereocenters. The second-order valence-corrected chi connectivity index (χ2v) is 10.7. The van der Waals surface area contributed by atoms with Crippen LogP contribution >= 0.6 is 0 Å². The quantitative estimate of drug-likeness (QED) is 0.672. The van der Waals surface area contributed by atoms with Crippen molar-refractivity contribution in [2.24, 2.45) is 0 Å². The fourth-order valence-electron chi connectivity index (χ4n) is 4.72. The lowest BCUT2D eigenvalue weighted by Gasteiger charge is -2.38. The molecule has 1 N–H and O–H groups in total. The second kappa shape index (κ2) is 10.8. The zero-order chi connectivity index (χ0) is 23.3. The Morgan fingerprint density at radius 3 is 2.18 bits per heavy atom. The first-order chi connectivity index (χ1) is 16.0. The number of hydrogen-bond acceptors (Lipinski definition) is 5. The highest BCUT2D eigenvalue weighted by Crippen LogP contribution is 2.26. The molecular weight excluding hydrogens is 438 g/mol. The SMILES string of the molecule is CC(NC(=O)c1ccc(S(=O)(=O)N2CCCCC2)cc1)C(c1ccccc1)N1CCOCC1. The van der Waals surface area contributed by atoms with Gasteiger partial charge in [0.2, 0.25) is 10.0 Å². The highest BCUT2D eigenvalue weighted by Gasteiger charge is 2.29. The standard InChI is InChI=1S/C25H33N3O4S/c1-20(24(21-8-4-2-5-9-21)27-16-18-32-19-17-27)26-25(29)22-10-12-23(13-11-22)33(30,31)28-14-6-3-7-15-28/h2,4-5,8-13,20,24H,3,6-7,14-19H2,1H3,(H,26,29). The first kappa shape index (κ1) is 23.9. The number of benzene rings is 2. The number of sulfonamides is 1. The van der Waals surface area contributed by atoms with Gasteiger partial charge >= 0.3 is 0 Å². The van der Waals surface area contributed by atoms with Crippen molar-refractivity contribution in [3.05, 3.63) is 65.7 Å². The lowest BCUT2D eigenvalue weighted by Crippen LogP contribution is -2.48. The monoisotopic (exact) mass is 471 g/mol. The topological polar surface area (TPSA) is 79.0 Å². The summed E-state index contributed by atoms with van der Waals surface area (Å²) in [6.07, 6.45) is 2.85. The van der Waals surface area contributed by atoms with Crippen LogP contribution in [0.15, 0.2) is 59.5 Å². The summed E-state index contributed by atoms with van der Waals surface area (Å²) in [7, 11) is -3.51. The van der Waals surface area contributed by atoms with Crippen LogP contribution in [0, 0.1) is 0 Å². The molecule has 2 aromatic rings. The van der Waals surface area contributed by atoms with Crippen molar-refractivity contribution in [3.63, 3.8) is 0 Å². The van der Waals surface area contributed by atoms with E-state index in [1.165, 1.54) is 0 Å². The molecule has 2 aliphatic rings. The first-order valence-electron chi connectivity index (χ1n) is 11.7. The lowest BCUT2D eigenvalue weighted by atomic mass is 9.97. The van der Waals surface area contributed by atoms with E-state index in [1.807, 2.05) is 25.1 Å². The van der Waals surface area contributed by atoms with E-state index in [0.717, 1.165) is 37.9 Å². The van der Waals surface area contributed by atoms with E-state index in [2.05, 4.69) is 22.3 Å². The average molecular weight is 472 g/mol. The number of ether oxygens (including phenoxy) is 1. The van der Waals surface area contributed by atoms with Crippen LogP contribution in [-0.4, -0.2) is 69.0 Å². The third-order valence-electron chi connectivity index (χ3n) is 6.48. The predicted molar refractivity (Wildman–Crippen MR) is 128 cm³/mol. The fourth-order valence-corrected chi connectivity index (χ4v) is 6.24. The summed E-state index contributed by atoms with van der Waals surface area (Å²) in [5.41, 5.74) is 1.60. The summed E-state index contributed by atoms with van der Waals surface area (Å²) in [4.78, 5) is 15.6. The van der Waals surface area contributed by atoms with Gasteiger partial charge in [0, 0.05) is 37.8 Å². The zero-order valence-electron chi connectivity index (χ0n) is 19.2. The van der Waals surface area contributed by atoms with Gasteiger partial charge in [-0.3, -0.25) is 9.69 Å². The average Bonchev–Trinajstić information content (AvgIpc) is 2.86. The zero-order valence-corrected chi connectivity index (χ0v) is 20.0. The number of carbonyl (C=O) groups excluding carboxylic acids is 1. The summed E-state index contributed by atoms with van der Waals surface area (Å²) in [6, 6.07) is 16.4. The van der Waals surface area contributed by atoms with Crippen LogP contribution in [0.4, 0.5) is 0 Å². The Hall–Kier alpha value is -2.26. The molecule has 1 amide bonds. The smallest absolute Gasteiger partial charge is 0.251 e. The van der Waals surface area contributed by atoms with Crippen LogP contribution in [0.3, 0.4) is 0 Å². The number of amides is 1. The van der Waals surface area contributed by atoms with Crippen molar-refractivity contribution in [1.82, 2.24) is 14.5 Å². The Balaban J connectivity index is 1.47. The van der Waals surface area contributed by atoms with Crippen LogP contribution in [0.25, 0.3) is 0 Å². The number of carbonyl (C=O) groups is 1. The molecule has 4 rings (SSSR count). The van der Waals surface area contributed by atoms with Crippen molar-refractivity contribution < 1.29 is 17.9 Å². The number of morpholine rings is 1. The maximum absolute atomic E-state index is 13.0. The molecule has 33 heavy (non-hydrogen) atoms. The van der Waals surface area contributed by atoms with Crippen molar-refractivity contribution >= 4 is 15.9 Å². The number of piperidine rings is 1. The molecule has 178 valence electrons. The number of nitrogens with zero attached hydrogens (tertiary/aromatic N) is 2. The Labute approximate surface area is 196 Å². The molecule has 2 aromatic carbocycles. The molecule has 0 aromatic heterocycles. The molecule has 2 fully saturated rings. The van der Waals surface area contributed by atoms with E-state index in [-0.39, 0.29) is 22.9 Å². The first-order valence-corrected chi connectivity index (χ1v) is 13.2. The summed E-state index contributed by atoms with van der Waals surface area (Å²) in [5, 5.41) is 3.13. The maximum Gasteiger partial charge on any atom is 0.251 e. The molecule has 0 aliphatic carbocycles. The third kappa shape index (κ3) is 5.63. The van der Waals surface area contributed by atoms with Crippen LogP contribution < -0.4 is 5.32 Å². The van der Waals surface area contributed by atoms with Crippen molar-refractivity contribution in [2.45, 2.75) is 43.2 Å². The minimum Gasteiger partial charge on any atom is -0.379 e. The molecule has 0 spiro atoms. The molecule has 0 radical (unpaired) electrons. The van der Waals surface area contributed by atoms with Crippen LogP contribution in [0.2, 0.25) is 0 Å². The van der Waals surface area contributed by atoms with Crippen LogP contribution in [0.5, 0.6) is 0 Å². The van der Waals surface area contributed by atoms with Gasteiger partial charge in [-0.05, 0) is 49.6 Å². The lowest BCUT2D eigenvalue weighted by molar-refractivity contribution is 0.00888. The van der Waals surface area contributed by atoms with Crippen LogP contribution in [-0.2, 0) is 14.8 Å². The molecule has 2 aliphatic heterocycles. The van der Waals surface area contributed by atoms with Gasteiger partial charge in [0.05, 0.1) is 24.2 Å². The van der Waals surface area contributed by atoms with Crippen molar-refractivity contribution in [2.75, 3.05) is 39.4 Å². The van der Waals surface area contributed by atoms with Gasteiger partial charge in [0.1, 0.15) is 0 Å². The van der Waals surface area contributed by atoms with Crippen molar-refractivity contribution in [1.29, 1.82) is 0 Å². The third-order valence-corrected chi connectivity index (χ3v) is 8.39. The summed E-state index contributed by atoms with van der Waals surface area (Å²) in [5.74, 6) is -0.210. The van der Waals surface area contributed by atoms with E-state index in [0.29, 0.717) is 31.9 Å². The minimum atomic E-state index is -3.51. The summed E-state index contributed by atoms with van der Waals surface area (Å²) in [6.45, 7) is 6.11. The van der Waals surface area contributed by atoms with Gasteiger partial charge in [0.15, 0.2) is 0 Å². The van der Waals surface area contributed by atoms with E-state index in [4.69, 9.17) is 4.74 Å². The molecular formula is C25H33N3O4S. The number of rotatable bonds is 7. The second-order valence-electron chi connectivity index (χ2n) is 8.76. The molecule has 2 atom stereocenters. The van der Waals surface area contributed by atoms with Crippen molar-refractivity contribution in [3.8, 4) is 0 Å². The molecule has 2 saturated heterocycles. The summed E-state index contributed by atoms with van der Waals surface area (Å²) >= 11 is 0. The Bertz CT molecular complexity index is 1020. The molecule has 0 saturated carbocycles. The van der Waals surface area contributed by atoms with Gasteiger partial charge in [0.25, 0.3) is 5.91 Å². The molecule has 8 heteroatoms. The minimum absolute atomic E-state index is 0.0257. The van der Waals surface area contributed by atoms with Crippen LogP contribution in [0.1, 0.15) is 48.1 Å². The molecule has 2 heterocycles. The predicted octanol–water partition coefficient (Wildman–Crippen LogP) is 3.05. The van der Waals surface area contributed by atoms with Gasteiger partial charge in [-0.25, -0.2) is 8.42 Å². The summed E-state index contributed by atoms with van der Waals surface area (Å²) < 4.78 is 32.8. The Morgan fingerprint density at radius 1 is 0.909 bits per heavy atom. The van der Waals surface area contributed by atoms with Gasteiger partial charge in [-0.15, -0.1) is 0 Å². The van der Waals surface area contributed by atoms with Gasteiger partial charge in [-0.2, -0.15) is 4.31 Å². The normalized spacial score (nSPS) is 20.2. The maximum atomic E-state index is 13.0. The van der Waals surface area contributed by atoms with E-state index >= 15 is 0 Å². The highest BCUT2D eigenvalue weighted by molar-refractivity contribution is 7.89. The van der Waals surface area contributed by atoms with Gasteiger partial charge in [-0.1, -0.05) is 36.8 Å². The Morgan fingerprint density at radius 2 is 1.55 bits per heavy atom. The van der Waals surface area contributed by atoms with Gasteiger partial charge < -0.3 is 10.1 Å². The van der Waals surface area contributed by atoms with E-state index < -0.39 is 10.0 Å². The fraction of sp³-hybridized carbons (Fsp3) is 0.480.